The van der Waals surface area contributed by atoms with Gasteiger partial charge in [-0.25, -0.2) is 4.39 Å². The van der Waals surface area contributed by atoms with E-state index in [1.165, 1.54) is 12.3 Å². The van der Waals surface area contributed by atoms with Gasteiger partial charge in [-0.05, 0) is 18.6 Å². The fourth-order valence-corrected chi connectivity index (χ4v) is 1.76. The maximum absolute atomic E-state index is 13.6. The number of ether oxygens (including phenoxy) is 1. The van der Waals surface area contributed by atoms with Crippen LogP contribution in [0.5, 0.6) is 5.75 Å². The predicted octanol–water partition coefficient (Wildman–Crippen LogP) is 3.09. The first-order valence-electron chi connectivity index (χ1n) is 6.22. The van der Waals surface area contributed by atoms with Crippen LogP contribution in [0.4, 0.5) is 4.39 Å². The second-order valence-electron chi connectivity index (χ2n) is 4.23. The van der Waals surface area contributed by atoms with Gasteiger partial charge in [-0.15, -0.1) is 0 Å². The summed E-state index contributed by atoms with van der Waals surface area (Å²) in [7, 11) is 0. The summed E-state index contributed by atoms with van der Waals surface area (Å²) in [6.45, 7) is 2.59. The maximum Gasteiger partial charge on any atom is 0.137 e. The molecule has 1 N–H and O–H groups in total. The second-order valence-corrected chi connectivity index (χ2v) is 4.23. The van der Waals surface area contributed by atoms with Gasteiger partial charge in [0.2, 0.25) is 0 Å². The SMILES string of the molecule is CCCOc1cncc(C(O)c2ccccc2F)c1. The van der Waals surface area contributed by atoms with Crippen molar-refractivity contribution >= 4 is 0 Å². The zero-order chi connectivity index (χ0) is 13.7. The standard InChI is InChI=1S/C15H16FNO2/c1-2-7-19-12-8-11(9-17-10-12)15(18)13-5-3-4-6-14(13)16/h3-6,8-10,15,18H,2,7H2,1H3. The third-order valence-corrected chi connectivity index (χ3v) is 2.72. The van der Waals surface area contributed by atoms with Crippen molar-refractivity contribution in [2.45, 2.75) is 19.4 Å². The Kier molecular flexibility index (Phi) is 4.47. The molecule has 0 saturated heterocycles. The maximum atomic E-state index is 13.6. The van der Waals surface area contributed by atoms with Crippen molar-refractivity contribution in [1.29, 1.82) is 0 Å². The van der Waals surface area contributed by atoms with Crippen LogP contribution in [0.15, 0.2) is 42.7 Å². The number of hydrogen-bond donors (Lipinski definition) is 1. The number of pyridine rings is 1. The van der Waals surface area contributed by atoms with E-state index in [1.54, 1.807) is 30.5 Å². The largest absolute Gasteiger partial charge is 0.492 e. The number of nitrogens with zero attached hydrogens (tertiary/aromatic N) is 1. The smallest absolute Gasteiger partial charge is 0.137 e. The molecule has 4 heteroatoms. The summed E-state index contributed by atoms with van der Waals surface area (Å²) in [6, 6.07) is 7.83. The van der Waals surface area contributed by atoms with E-state index in [-0.39, 0.29) is 5.56 Å². The van der Waals surface area contributed by atoms with Crippen molar-refractivity contribution < 1.29 is 14.2 Å². The van der Waals surface area contributed by atoms with Gasteiger partial charge >= 0.3 is 0 Å². The Morgan fingerprint density at radius 1 is 1.32 bits per heavy atom. The lowest BCUT2D eigenvalue weighted by Gasteiger charge is -2.13. The molecule has 0 aliphatic rings. The fraction of sp³-hybridized carbons (Fsp3) is 0.267. The number of aliphatic hydroxyl groups excluding tert-OH is 1. The van der Waals surface area contributed by atoms with E-state index in [9.17, 15) is 9.50 Å². The summed E-state index contributed by atoms with van der Waals surface area (Å²) in [5.74, 6) is 0.143. The molecule has 1 heterocycles. The summed E-state index contributed by atoms with van der Waals surface area (Å²) < 4.78 is 19.1. The Hall–Kier alpha value is -1.94. The molecule has 3 nitrogen and oxygen atoms in total. The molecule has 2 rings (SSSR count). The van der Waals surface area contributed by atoms with Crippen molar-refractivity contribution in [3.8, 4) is 5.75 Å². The summed E-state index contributed by atoms with van der Waals surface area (Å²) in [4.78, 5) is 4.01. The zero-order valence-electron chi connectivity index (χ0n) is 10.7. The highest BCUT2D eigenvalue weighted by molar-refractivity contribution is 5.33. The number of aromatic nitrogens is 1. The summed E-state index contributed by atoms with van der Waals surface area (Å²) >= 11 is 0. The van der Waals surface area contributed by atoms with Gasteiger partial charge in [-0.1, -0.05) is 25.1 Å². The van der Waals surface area contributed by atoms with Gasteiger partial charge in [0.15, 0.2) is 0 Å². The highest BCUT2D eigenvalue weighted by Crippen LogP contribution is 2.25. The molecule has 0 bridgehead atoms. The average Bonchev–Trinajstić information content (AvgIpc) is 2.45. The Bertz CT molecular complexity index is 545. The minimum atomic E-state index is -1.04. The first kappa shape index (κ1) is 13.5. The topological polar surface area (TPSA) is 42.4 Å². The molecule has 1 aromatic heterocycles. The molecule has 2 aromatic rings. The van der Waals surface area contributed by atoms with Crippen LogP contribution in [0.2, 0.25) is 0 Å². The Balaban J connectivity index is 2.24. The van der Waals surface area contributed by atoms with E-state index < -0.39 is 11.9 Å². The highest BCUT2D eigenvalue weighted by atomic mass is 19.1. The van der Waals surface area contributed by atoms with E-state index in [0.717, 1.165) is 6.42 Å². The normalized spacial score (nSPS) is 12.2. The van der Waals surface area contributed by atoms with Crippen LogP contribution in [-0.2, 0) is 0 Å². The monoisotopic (exact) mass is 261 g/mol. The quantitative estimate of drug-likeness (QED) is 0.899. The van der Waals surface area contributed by atoms with Gasteiger partial charge in [0.25, 0.3) is 0 Å². The van der Waals surface area contributed by atoms with Crippen LogP contribution < -0.4 is 4.74 Å². The molecule has 0 aliphatic carbocycles. The Morgan fingerprint density at radius 2 is 2.11 bits per heavy atom. The van der Waals surface area contributed by atoms with Gasteiger partial charge in [0, 0.05) is 17.3 Å². The van der Waals surface area contributed by atoms with E-state index in [4.69, 9.17) is 4.74 Å². The summed E-state index contributed by atoms with van der Waals surface area (Å²) in [5, 5.41) is 10.2. The Labute approximate surface area is 111 Å². The van der Waals surface area contributed by atoms with Crippen LogP contribution in [-0.4, -0.2) is 16.7 Å². The van der Waals surface area contributed by atoms with Gasteiger partial charge in [0.05, 0.1) is 12.8 Å². The molecule has 0 saturated carbocycles. The van der Waals surface area contributed by atoms with Crippen LogP contribution in [0.3, 0.4) is 0 Å². The van der Waals surface area contributed by atoms with Gasteiger partial charge in [-0.2, -0.15) is 0 Å². The first-order valence-corrected chi connectivity index (χ1v) is 6.22. The lowest BCUT2D eigenvalue weighted by atomic mass is 10.0. The lowest BCUT2D eigenvalue weighted by Crippen LogP contribution is -2.04. The van der Waals surface area contributed by atoms with E-state index in [1.807, 2.05) is 6.92 Å². The molecule has 1 atom stereocenters. The number of halogens is 1. The third-order valence-electron chi connectivity index (χ3n) is 2.72. The van der Waals surface area contributed by atoms with Gasteiger partial charge < -0.3 is 9.84 Å². The molecule has 0 fully saturated rings. The summed E-state index contributed by atoms with van der Waals surface area (Å²) in [5.41, 5.74) is 0.746. The number of aliphatic hydroxyl groups is 1. The Morgan fingerprint density at radius 3 is 2.84 bits per heavy atom. The second kappa shape index (κ2) is 6.29. The molecule has 1 aromatic carbocycles. The minimum absolute atomic E-state index is 0.233. The first-order chi connectivity index (χ1) is 9.22. The molecule has 1 unspecified atom stereocenters. The van der Waals surface area contributed by atoms with Crippen molar-refractivity contribution in [1.82, 2.24) is 4.98 Å². The van der Waals surface area contributed by atoms with Crippen LogP contribution in [0.25, 0.3) is 0 Å². The van der Waals surface area contributed by atoms with Crippen molar-refractivity contribution in [3.05, 3.63) is 59.7 Å². The average molecular weight is 261 g/mol. The molecule has 0 aliphatic heterocycles. The molecule has 100 valence electrons. The van der Waals surface area contributed by atoms with E-state index in [2.05, 4.69) is 4.98 Å². The number of benzene rings is 1. The predicted molar refractivity (Wildman–Crippen MR) is 70.5 cm³/mol. The van der Waals surface area contributed by atoms with Crippen LogP contribution in [0.1, 0.15) is 30.6 Å². The zero-order valence-corrected chi connectivity index (χ0v) is 10.7. The van der Waals surface area contributed by atoms with Gasteiger partial charge in [-0.3, -0.25) is 4.98 Å². The molecular weight excluding hydrogens is 245 g/mol. The van der Waals surface area contributed by atoms with E-state index >= 15 is 0 Å². The van der Waals surface area contributed by atoms with Crippen LogP contribution in [0, 0.1) is 5.82 Å². The van der Waals surface area contributed by atoms with Gasteiger partial charge in [0.1, 0.15) is 17.7 Å². The number of hydrogen-bond acceptors (Lipinski definition) is 3. The minimum Gasteiger partial charge on any atom is -0.492 e. The van der Waals surface area contributed by atoms with Crippen molar-refractivity contribution in [3.63, 3.8) is 0 Å². The fourth-order valence-electron chi connectivity index (χ4n) is 1.76. The molecular formula is C15H16FNO2. The summed E-state index contributed by atoms with van der Waals surface area (Å²) in [6.07, 6.45) is 2.93. The lowest BCUT2D eigenvalue weighted by molar-refractivity contribution is 0.213. The molecule has 0 spiro atoms. The highest BCUT2D eigenvalue weighted by Gasteiger charge is 2.15. The number of rotatable bonds is 5. The molecule has 0 amide bonds. The van der Waals surface area contributed by atoms with Crippen LogP contribution >= 0.6 is 0 Å². The van der Waals surface area contributed by atoms with E-state index in [0.29, 0.717) is 17.9 Å². The van der Waals surface area contributed by atoms with Crippen molar-refractivity contribution in [2.75, 3.05) is 6.61 Å². The molecule has 0 radical (unpaired) electrons. The van der Waals surface area contributed by atoms with Crippen molar-refractivity contribution in [2.24, 2.45) is 0 Å². The molecule has 19 heavy (non-hydrogen) atoms. The third kappa shape index (κ3) is 3.29.